The second-order valence-electron chi connectivity index (χ2n) is 4.03. The molecule has 0 saturated carbocycles. The third kappa shape index (κ3) is 2.83. The Labute approximate surface area is 121 Å². The Morgan fingerprint density at radius 3 is 2.38 bits per heavy atom. The quantitative estimate of drug-likeness (QED) is 0.764. The molecule has 0 amide bonds. The monoisotopic (exact) mass is 292 g/mol. The highest BCUT2D eigenvalue weighted by Gasteiger charge is 2.22. The van der Waals surface area contributed by atoms with Crippen LogP contribution in [0.5, 0.6) is 0 Å². The summed E-state index contributed by atoms with van der Waals surface area (Å²) in [5, 5.41) is 4.57. The summed E-state index contributed by atoms with van der Waals surface area (Å²) in [6, 6.07) is 0. The first-order chi connectivity index (χ1) is 10.1. The number of carbonyl (C=O) groups is 2. The Kier molecular flexibility index (Phi) is 4.46. The number of rotatable bonds is 5. The second-order valence-corrected chi connectivity index (χ2v) is 4.03. The average molecular weight is 292 g/mol. The zero-order chi connectivity index (χ0) is 15.4. The molecule has 0 radical (unpaired) electrons. The number of carbonyl (C=O) groups excluding carboxylic acids is 2. The lowest BCUT2D eigenvalue weighted by Gasteiger charge is -2.06. The van der Waals surface area contributed by atoms with E-state index in [4.69, 9.17) is 9.47 Å². The summed E-state index contributed by atoms with van der Waals surface area (Å²) < 4.78 is 11.4. The molecule has 0 aliphatic carbocycles. The molecule has 21 heavy (non-hydrogen) atoms. The van der Waals surface area contributed by atoms with E-state index in [1.54, 1.807) is 18.5 Å². The standard InChI is InChI=1S/C13H16N4O4/c1-4-17-11-8(7-14-17)9(12(18)20-5-2)15-10(16-11)13(19)21-6-3/h7H,4-6H2,1-3H3. The normalized spacial score (nSPS) is 10.6. The van der Waals surface area contributed by atoms with E-state index in [1.807, 2.05) is 6.92 Å². The van der Waals surface area contributed by atoms with Gasteiger partial charge in [-0.1, -0.05) is 0 Å². The molecule has 0 fully saturated rings. The zero-order valence-electron chi connectivity index (χ0n) is 12.1. The van der Waals surface area contributed by atoms with Gasteiger partial charge in [-0.3, -0.25) is 0 Å². The SMILES string of the molecule is CCOC(=O)c1nc(C(=O)OCC)c2cnn(CC)c2n1. The third-order valence-corrected chi connectivity index (χ3v) is 2.72. The number of hydrogen-bond acceptors (Lipinski definition) is 7. The van der Waals surface area contributed by atoms with Crippen LogP contribution in [0.25, 0.3) is 11.0 Å². The summed E-state index contributed by atoms with van der Waals surface area (Å²) in [5.41, 5.74) is 0.420. The molecule has 8 nitrogen and oxygen atoms in total. The highest BCUT2D eigenvalue weighted by molar-refractivity contribution is 6.02. The van der Waals surface area contributed by atoms with Gasteiger partial charge in [-0.05, 0) is 20.8 Å². The van der Waals surface area contributed by atoms with Gasteiger partial charge in [0, 0.05) is 6.54 Å². The third-order valence-electron chi connectivity index (χ3n) is 2.72. The van der Waals surface area contributed by atoms with Crippen LogP contribution in [0.2, 0.25) is 0 Å². The van der Waals surface area contributed by atoms with Gasteiger partial charge in [0.2, 0.25) is 5.82 Å². The molecule has 0 atom stereocenters. The summed E-state index contributed by atoms with van der Waals surface area (Å²) in [6.45, 7) is 6.20. The van der Waals surface area contributed by atoms with E-state index in [9.17, 15) is 9.59 Å². The molecule has 112 valence electrons. The molecular formula is C13H16N4O4. The largest absolute Gasteiger partial charge is 0.461 e. The summed E-state index contributed by atoms with van der Waals surface area (Å²) in [5.74, 6) is -1.48. The first-order valence-corrected chi connectivity index (χ1v) is 6.70. The average Bonchev–Trinajstić information content (AvgIpc) is 2.89. The van der Waals surface area contributed by atoms with Gasteiger partial charge in [-0.15, -0.1) is 0 Å². The van der Waals surface area contributed by atoms with Crippen molar-refractivity contribution in [3.63, 3.8) is 0 Å². The zero-order valence-corrected chi connectivity index (χ0v) is 12.1. The van der Waals surface area contributed by atoms with Crippen molar-refractivity contribution < 1.29 is 19.1 Å². The molecule has 2 rings (SSSR count). The number of esters is 2. The van der Waals surface area contributed by atoms with Crippen molar-refractivity contribution in [2.45, 2.75) is 27.3 Å². The molecule has 0 N–H and O–H groups in total. The highest BCUT2D eigenvalue weighted by atomic mass is 16.5. The van der Waals surface area contributed by atoms with Gasteiger partial charge in [0.15, 0.2) is 11.3 Å². The molecule has 2 heterocycles. The van der Waals surface area contributed by atoms with Crippen LogP contribution < -0.4 is 0 Å². The fourth-order valence-electron chi connectivity index (χ4n) is 1.83. The fourth-order valence-corrected chi connectivity index (χ4v) is 1.83. The lowest BCUT2D eigenvalue weighted by Crippen LogP contribution is -2.16. The number of aryl methyl sites for hydroxylation is 1. The number of nitrogens with zero attached hydrogens (tertiary/aromatic N) is 4. The van der Waals surface area contributed by atoms with Crippen LogP contribution in [0.1, 0.15) is 41.9 Å². The van der Waals surface area contributed by atoms with Gasteiger partial charge in [0.05, 0.1) is 24.8 Å². The van der Waals surface area contributed by atoms with Crippen molar-refractivity contribution in [1.82, 2.24) is 19.7 Å². The minimum Gasteiger partial charge on any atom is -0.461 e. The lowest BCUT2D eigenvalue weighted by molar-refractivity contribution is 0.0507. The van der Waals surface area contributed by atoms with Crippen molar-refractivity contribution in [2.24, 2.45) is 0 Å². The van der Waals surface area contributed by atoms with Gasteiger partial charge in [-0.25, -0.2) is 24.2 Å². The van der Waals surface area contributed by atoms with E-state index < -0.39 is 11.9 Å². The Hall–Kier alpha value is -2.51. The van der Waals surface area contributed by atoms with Crippen molar-refractivity contribution in [3.05, 3.63) is 17.7 Å². The van der Waals surface area contributed by atoms with E-state index in [2.05, 4.69) is 15.1 Å². The van der Waals surface area contributed by atoms with E-state index in [0.717, 1.165) is 0 Å². The summed E-state index contributed by atoms with van der Waals surface area (Å²) >= 11 is 0. The van der Waals surface area contributed by atoms with Crippen molar-refractivity contribution in [2.75, 3.05) is 13.2 Å². The molecule has 0 aliphatic rings. The number of aromatic nitrogens is 4. The summed E-state index contributed by atoms with van der Waals surface area (Å²) in [4.78, 5) is 31.9. The maximum atomic E-state index is 12.0. The molecule has 0 aliphatic heterocycles. The molecule has 0 saturated heterocycles. The maximum absolute atomic E-state index is 12.0. The predicted octanol–water partition coefficient (Wildman–Crippen LogP) is 1.20. The lowest BCUT2D eigenvalue weighted by atomic mass is 10.3. The second kappa shape index (κ2) is 6.29. The number of ether oxygens (including phenoxy) is 2. The Bertz CT molecular complexity index is 680. The molecule has 0 bridgehead atoms. The summed E-state index contributed by atoms with van der Waals surface area (Å²) in [6.07, 6.45) is 1.49. The van der Waals surface area contributed by atoms with Crippen LogP contribution in [-0.4, -0.2) is 44.9 Å². The van der Waals surface area contributed by atoms with E-state index in [-0.39, 0.29) is 24.7 Å². The van der Waals surface area contributed by atoms with Crippen LogP contribution in [0.3, 0.4) is 0 Å². The van der Waals surface area contributed by atoms with E-state index in [1.165, 1.54) is 6.20 Å². The first kappa shape index (κ1) is 14.9. The highest BCUT2D eigenvalue weighted by Crippen LogP contribution is 2.17. The smallest absolute Gasteiger partial charge is 0.376 e. The minimum absolute atomic E-state index is 0.0182. The Morgan fingerprint density at radius 2 is 1.76 bits per heavy atom. The first-order valence-electron chi connectivity index (χ1n) is 6.70. The van der Waals surface area contributed by atoms with Gasteiger partial charge < -0.3 is 9.47 Å². The number of hydrogen-bond donors (Lipinski definition) is 0. The van der Waals surface area contributed by atoms with Gasteiger partial charge in [0.1, 0.15) is 0 Å². The van der Waals surface area contributed by atoms with Crippen LogP contribution in [0, 0.1) is 0 Å². The van der Waals surface area contributed by atoms with Crippen molar-refractivity contribution in [1.29, 1.82) is 0 Å². The summed E-state index contributed by atoms with van der Waals surface area (Å²) in [7, 11) is 0. The van der Waals surface area contributed by atoms with Crippen LogP contribution >= 0.6 is 0 Å². The minimum atomic E-state index is -0.686. The molecule has 2 aromatic heterocycles. The van der Waals surface area contributed by atoms with Crippen LogP contribution in [-0.2, 0) is 16.0 Å². The molecule has 0 aromatic carbocycles. The Morgan fingerprint density at radius 1 is 1.10 bits per heavy atom. The molecular weight excluding hydrogens is 276 g/mol. The van der Waals surface area contributed by atoms with Gasteiger partial charge in [-0.2, -0.15) is 5.10 Å². The molecule has 8 heteroatoms. The van der Waals surface area contributed by atoms with Crippen LogP contribution in [0.4, 0.5) is 0 Å². The topological polar surface area (TPSA) is 96.2 Å². The molecule has 2 aromatic rings. The van der Waals surface area contributed by atoms with E-state index in [0.29, 0.717) is 17.6 Å². The molecule has 0 spiro atoms. The van der Waals surface area contributed by atoms with Gasteiger partial charge >= 0.3 is 11.9 Å². The van der Waals surface area contributed by atoms with E-state index >= 15 is 0 Å². The Balaban J connectivity index is 2.61. The molecule has 0 unspecified atom stereocenters. The fraction of sp³-hybridized carbons (Fsp3) is 0.462. The predicted molar refractivity (Wildman–Crippen MR) is 72.9 cm³/mol. The van der Waals surface area contributed by atoms with Gasteiger partial charge in [0.25, 0.3) is 0 Å². The van der Waals surface area contributed by atoms with Crippen molar-refractivity contribution in [3.8, 4) is 0 Å². The maximum Gasteiger partial charge on any atom is 0.376 e. The van der Waals surface area contributed by atoms with Crippen molar-refractivity contribution >= 4 is 23.0 Å². The number of fused-ring (bicyclic) bond motifs is 1. The van der Waals surface area contributed by atoms with Crippen LogP contribution in [0.15, 0.2) is 6.20 Å².